The van der Waals surface area contributed by atoms with Crippen molar-refractivity contribution in [1.82, 2.24) is 9.88 Å². The van der Waals surface area contributed by atoms with Gasteiger partial charge < -0.3 is 14.8 Å². The van der Waals surface area contributed by atoms with E-state index in [2.05, 4.69) is 9.88 Å². The lowest BCUT2D eigenvalue weighted by atomic mass is 9.80. The topological polar surface area (TPSA) is 65.8 Å². The molecular weight excluding hydrogens is 287 g/mol. The second-order valence-electron chi connectivity index (χ2n) is 4.89. The predicted octanol–water partition coefficient (Wildman–Crippen LogP) is 0.642. The van der Waals surface area contributed by atoms with Gasteiger partial charge in [0.2, 0.25) is 0 Å². The summed E-state index contributed by atoms with van der Waals surface area (Å²) in [6.07, 6.45) is 0. The first kappa shape index (κ1) is 16.0. The molecule has 1 heterocycles. The smallest absolute Gasteiger partial charge is 0.488 e. The Morgan fingerprint density at radius 1 is 1.29 bits per heavy atom. The summed E-state index contributed by atoms with van der Waals surface area (Å²) in [5, 5.41) is 18.0. The summed E-state index contributed by atoms with van der Waals surface area (Å²) in [7, 11) is 0.612. The number of rotatable bonds is 7. The van der Waals surface area contributed by atoms with Crippen molar-refractivity contribution < 1.29 is 14.8 Å². The zero-order chi connectivity index (χ0) is 15.2. The molecule has 112 valence electrons. The lowest BCUT2D eigenvalue weighted by Crippen LogP contribution is -2.29. The van der Waals surface area contributed by atoms with E-state index in [9.17, 15) is 0 Å². The van der Waals surface area contributed by atoms with Gasteiger partial charge in [0.1, 0.15) is 12.4 Å². The molecule has 0 amide bonds. The number of aryl methyl sites for hydroxylation is 1. The fraction of sp³-hybridized carbons (Fsp3) is 0.357. The number of likely N-dealkylation sites (N-methyl/N-ethyl adjacent to an activating group) is 1. The van der Waals surface area contributed by atoms with Gasteiger partial charge in [-0.3, -0.25) is 4.90 Å². The van der Waals surface area contributed by atoms with Crippen molar-refractivity contribution in [2.24, 2.45) is 0 Å². The summed E-state index contributed by atoms with van der Waals surface area (Å²) in [5.74, 6) is 0.724. The lowest BCUT2D eigenvalue weighted by molar-refractivity contribution is 0.233. The predicted molar refractivity (Wildman–Crippen MR) is 84.9 cm³/mol. The average Bonchev–Trinajstić information content (AvgIpc) is 2.85. The van der Waals surface area contributed by atoms with Crippen molar-refractivity contribution >= 4 is 23.9 Å². The van der Waals surface area contributed by atoms with Gasteiger partial charge in [-0.2, -0.15) is 0 Å². The van der Waals surface area contributed by atoms with Crippen LogP contribution >= 0.6 is 11.3 Å². The summed E-state index contributed by atoms with van der Waals surface area (Å²) in [6.45, 7) is 4.28. The van der Waals surface area contributed by atoms with E-state index in [0.717, 1.165) is 24.5 Å². The molecule has 2 aromatic rings. The highest BCUT2D eigenvalue weighted by atomic mass is 32.1. The van der Waals surface area contributed by atoms with Crippen molar-refractivity contribution in [2.75, 3.05) is 20.2 Å². The maximum Gasteiger partial charge on any atom is 0.488 e. The van der Waals surface area contributed by atoms with E-state index in [1.807, 2.05) is 19.5 Å². The summed E-state index contributed by atoms with van der Waals surface area (Å²) < 4.78 is 5.64. The maximum atomic E-state index is 9.01. The first-order valence-corrected chi connectivity index (χ1v) is 7.60. The van der Waals surface area contributed by atoms with Crippen molar-refractivity contribution in [3.8, 4) is 5.75 Å². The van der Waals surface area contributed by atoms with Crippen molar-refractivity contribution in [1.29, 1.82) is 0 Å². The van der Waals surface area contributed by atoms with E-state index < -0.39 is 7.12 Å². The van der Waals surface area contributed by atoms with Crippen LogP contribution in [-0.2, 0) is 6.54 Å². The molecule has 0 radical (unpaired) electrons. The SMILES string of the molecule is Cc1ncsc1CN(C)CCOc1ccc(B(O)O)cc1. The summed E-state index contributed by atoms with van der Waals surface area (Å²) in [5.41, 5.74) is 3.41. The minimum atomic E-state index is -1.44. The van der Waals surface area contributed by atoms with Crippen molar-refractivity contribution in [3.05, 3.63) is 40.3 Å². The third-order valence-corrected chi connectivity index (χ3v) is 4.10. The second kappa shape index (κ2) is 7.56. The van der Waals surface area contributed by atoms with Crippen molar-refractivity contribution in [3.63, 3.8) is 0 Å². The van der Waals surface area contributed by atoms with Crippen LogP contribution in [0.4, 0.5) is 0 Å². The summed E-state index contributed by atoms with van der Waals surface area (Å²) in [4.78, 5) is 7.70. The van der Waals surface area contributed by atoms with E-state index in [-0.39, 0.29) is 0 Å². The average molecular weight is 306 g/mol. The minimum Gasteiger partial charge on any atom is -0.492 e. The highest BCUT2D eigenvalue weighted by molar-refractivity contribution is 7.09. The molecule has 0 spiro atoms. The number of aromatic nitrogens is 1. The number of thiazole rings is 1. The van der Waals surface area contributed by atoms with Crippen LogP contribution in [0.2, 0.25) is 0 Å². The van der Waals surface area contributed by atoms with E-state index in [0.29, 0.717) is 12.1 Å². The number of nitrogens with zero attached hydrogens (tertiary/aromatic N) is 2. The van der Waals surface area contributed by atoms with Crippen LogP contribution in [0, 0.1) is 6.92 Å². The molecule has 0 atom stereocenters. The van der Waals surface area contributed by atoms with Gasteiger partial charge in [0.25, 0.3) is 0 Å². The van der Waals surface area contributed by atoms with Crippen LogP contribution in [-0.4, -0.2) is 47.2 Å². The molecule has 5 nitrogen and oxygen atoms in total. The van der Waals surface area contributed by atoms with Gasteiger partial charge in [-0.15, -0.1) is 11.3 Å². The van der Waals surface area contributed by atoms with Gasteiger partial charge in [-0.25, -0.2) is 4.98 Å². The standard InChI is InChI=1S/C14H19BN2O3S/c1-11-14(21-10-16-11)9-17(2)7-8-20-13-5-3-12(4-6-13)15(18)19/h3-6,10,18-19H,7-9H2,1-2H3. The Kier molecular flexibility index (Phi) is 5.75. The fourth-order valence-corrected chi connectivity index (χ4v) is 2.71. The van der Waals surface area contributed by atoms with E-state index in [1.165, 1.54) is 4.88 Å². The van der Waals surface area contributed by atoms with E-state index in [4.69, 9.17) is 14.8 Å². The van der Waals surface area contributed by atoms with Crippen LogP contribution < -0.4 is 10.2 Å². The van der Waals surface area contributed by atoms with Crippen molar-refractivity contribution in [2.45, 2.75) is 13.5 Å². The van der Waals surface area contributed by atoms with Gasteiger partial charge in [-0.1, -0.05) is 12.1 Å². The zero-order valence-electron chi connectivity index (χ0n) is 12.2. The Bertz CT molecular complexity index is 560. The Morgan fingerprint density at radius 2 is 2.00 bits per heavy atom. The molecule has 7 heteroatoms. The summed E-state index contributed by atoms with van der Waals surface area (Å²) >= 11 is 1.67. The number of hydrogen-bond donors (Lipinski definition) is 2. The quantitative estimate of drug-likeness (QED) is 0.735. The number of benzene rings is 1. The molecular formula is C14H19BN2O3S. The molecule has 2 N–H and O–H groups in total. The molecule has 0 unspecified atom stereocenters. The molecule has 0 saturated carbocycles. The Labute approximate surface area is 129 Å². The Balaban J connectivity index is 1.75. The number of ether oxygens (including phenoxy) is 1. The van der Waals surface area contributed by atoms with Gasteiger partial charge >= 0.3 is 7.12 Å². The highest BCUT2D eigenvalue weighted by Gasteiger charge is 2.10. The van der Waals surface area contributed by atoms with Crippen LogP contribution in [0.5, 0.6) is 5.75 Å². The number of hydrogen-bond acceptors (Lipinski definition) is 6. The molecule has 0 aliphatic carbocycles. The maximum absolute atomic E-state index is 9.01. The largest absolute Gasteiger partial charge is 0.492 e. The third-order valence-electron chi connectivity index (χ3n) is 3.18. The third kappa shape index (κ3) is 4.82. The Morgan fingerprint density at radius 3 is 2.57 bits per heavy atom. The lowest BCUT2D eigenvalue weighted by Gasteiger charge is -2.16. The molecule has 0 saturated heterocycles. The molecule has 0 fully saturated rings. The monoisotopic (exact) mass is 306 g/mol. The normalized spacial score (nSPS) is 10.9. The van der Waals surface area contributed by atoms with Crippen LogP contribution in [0.3, 0.4) is 0 Å². The van der Waals surface area contributed by atoms with Crippen LogP contribution in [0.1, 0.15) is 10.6 Å². The Hall–Kier alpha value is -1.41. The zero-order valence-corrected chi connectivity index (χ0v) is 13.0. The highest BCUT2D eigenvalue weighted by Crippen LogP contribution is 2.14. The van der Waals surface area contributed by atoms with E-state index in [1.54, 1.807) is 35.6 Å². The molecule has 21 heavy (non-hydrogen) atoms. The van der Waals surface area contributed by atoms with Crippen LogP contribution in [0.25, 0.3) is 0 Å². The first-order valence-electron chi connectivity index (χ1n) is 6.72. The van der Waals surface area contributed by atoms with Gasteiger partial charge in [-0.05, 0) is 31.6 Å². The molecule has 0 aliphatic rings. The second-order valence-corrected chi connectivity index (χ2v) is 5.83. The first-order chi connectivity index (χ1) is 10.1. The molecule has 0 aliphatic heterocycles. The van der Waals surface area contributed by atoms with Gasteiger partial charge in [0, 0.05) is 18.0 Å². The van der Waals surface area contributed by atoms with Gasteiger partial charge in [0.15, 0.2) is 0 Å². The van der Waals surface area contributed by atoms with Crippen LogP contribution in [0.15, 0.2) is 29.8 Å². The fourth-order valence-electron chi connectivity index (χ4n) is 1.86. The minimum absolute atomic E-state index is 0.458. The molecule has 1 aromatic heterocycles. The molecule has 0 bridgehead atoms. The molecule has 2 rings (SSSR count). The van der Waals surface area contributed by atoms with E-state index >= 15 is 0 Å². The summed E-state index contributed by atoms with van der Waals surface area (Å²) in [6, 6.07) is 6.76. The molecule has 1 aromatic carbocycles. The van der Waals surface area contributed by atoms with Gasteiger partial charge in [0.05, 0.1) is 11.2 Å².